The van der Waals surface area contributed by atoms with Gasteiger partial charge in [0.1, 0.15) is 0 Å². The number of carbonyl (C=O) groups is 1. The molecule has 146 valence electrons. The number of sulfonamides is 1. The highest BCUT2D eigenvalue weighted by Gasteiger charge is 2.15. The van der Waals surface area contributed by atoms with Gasteiger partial charge in [0.25, 0.3) is 5.91 Å². The number of terminal acetylenes is 1. The van der Waals surface area contributed by atoms with E-state index in [4.69, 9.17) is 6.42 Å². The van der Waals surface area contributed by atoms with Gasteiger partial charge in [0.15, 0.2) is 0 Å². The molecule has 3 aromatic carbocycles. The lowest BCUT2D eigenvalue weighted by molar-refractivity contribution is 0.102. The van der Waals surface area contributed by atoms with E-state index in [9.17, 15) is 13.2 Å². The van der Waals surface area contributed by atoms with Crippen LogP contribution in [0.15, 0.2) is 83.8 Å². The highest BCUT2D eigenvalue weighted by molar-refractivity contribution is 7.89. The van der Waals surface area contributed by atoms with Gasteiger partial charge in [0, 0.05) is 22.6 Å². The molecule has 0 unspecified atom stereocenters. The van der Waals surface area contributed by atoms with E-state index >= 15 is 0 Å². The largest absolute Gasteiger partial charge is 0.356 e. The van der Waals surface area contributed by atoms with E-state index in [-0.39, 0.29) is 17.0 Å². The summed E-state index contributed by atoms with van der Waals surface area (Å²) in [5.41, 5.74) is 2.65. The maximum Gasteiger partial charge on any atom is 0.255 e. The minimum atomic E-state index is -3.77. The van der Waals surface area contributed by atoms with Crippen LogP contribution in [-0.4, -0.2) is 20.9 Å². The maximum absolute atomic E-state index is 12.5. The second-order valence-corrected chi connectivity index (χ2v) is 7.85. The standard InChI is InChI=1S/C22H19N3O3S/c1-2-15-23-29(27,28)21-10-6-7-17(16-21)22(26)25-20-13-11-19(12-14-20)24-18-8-4-3-5-9-18/h1,3-14,16,23-24H,15H2,(H,25,26). The number of hydrogen-bond acceptors (Lipinski definition) is 4. The van der Waals surface area contributed by atoms with Crippen molar-refractivity contribution in [3.05, 3.63) is 84.4 Å². The second-order valence-electron chi connectivity index (χ2n) is 6.08. The molecular weight excluding hydrogens is 386 g/mol. The molecule has 0 fully saturated rings. The van der Waals surface area contributed by atoms with Gasteiger partial charge >= 0.3 is 0 Å². The van der Waals surface area contributed by atoms with E-state index in [0.29, 0.717) is 5.69 Å². The molecule has 3 rings (SSSR count). The van der Waals surface area contributed by atoms with Crippen molar-refractivity contribution >= 4 is 33.0 Å². The van der Waals surface area contributed by atoms with Crippen molar-refractivity contribution < 1.29 is 13.2 Å². The molecular formula is C22H19N3O3S. The molecule has 0 bridgehead atoms. The summed E-state index contributed by atoms with van der Waals surface area (Å²) in [6, 6.07) is 22.7. The normalized spacial score (nSPS) is 10.7. The third kappa shape index (κ3) is 5.45. The summed E-state index contributed by atoms with van der Waals surface area (Å²) in [7, 11) is -3.77. The number of benzene rings is 3. The van der Waals surface area contributed by atoms with Crippen LogP contribution in [0.2, 0.25) is 0 Å². The Morgan fingerprint density at radius 2 is 1.52 bits per heavy atom. The lowest BCUT2D eigenvalue weighted by atomic mass is 10.2. The Morgan fingerprint density at radius 1 is 0.862 bits per heavy atom. The number of amides is 1. The van der Waals surface area contributed by atoms with Gasteiger partial charge < -0.3 is 10.6 Å². The Labute approximate surface area is 170 Å². The summed E-state index contributed by atoms with van der Waals surface area (Å²) in [5, 5.41) is 6.01. The highest BCUT2D eigenvalue weighted by Crippen LogP contribution is 2.19. The molecule has 0 aromatic heterocycles. The first-order chi connectivity index (χ1) is 14.0. The zero-order valence-corrected chi connectivity index (χ0v) is 16.2. The summed E-state index contributed by atoms with van der Waals surface area (Å²) >= 11 is 0. The van der Waals surface area contributed by atoms with E-state index < -0.39 is 15.9 Å². The molecule has 0 saturated carbocycles. The molecule has 6 nitrogen and oxygen atoms in total. The van der Waals surface area contributed by atoms with Crippen molar-refractivity contribution in [1.82, 2.24) is 4.72 Å². The van der Waals surface area contributed by atoms with Gasteiger partial charge in [0.05, 0.1) is 11.4 Å². The van der Waals surface area contributed by atoms with Gasteiger partial charge in [-0.2, -0.15) is 4.72 Å². The van der Waals surface area contributed by atoms with Gasteiger partial charge in [-0.15, -0.1) is 6.42 Å². The molecule has 29 heavy (non-hydrogen) atoms. The number of anilines is 3. The van der Waals surface area contributed by atoms with Crippen molar-refractivity contribution in [3.8, 4) is 12.3 Å². The monoisotopic (exact) mass is 405 g/mol. The van der Waals surface area contributed by atoms with Gasteiger partial charge in [-0.1, -0.05) is 30.2 Å². The minimum absolute atomic E-state index is 0.0252. The molecule has 0 saturated heterocycles. The summed E-state index contributed by atoms with van der Waals surface area (Å²) in [5.74, 6) is 1.79. The molecule has 0 heterocycles. The third-order valence-electron chi connectivity index (χ3n) is 3.98. The first-order valence-electron chi connectivity index (χ1n) is 8.74. The topological polar surface area (TPSA) is 87.3 Å². The number of hydrogen-bond donors (Lipinski definition) is 3. The van der Waals surface area contributed by atoms with Crippen LogP contribution in [-0.2, 0) is 10.0 Å². The maximum atomic E-state index is 12.5. The smallest absolute Gasteiger partial charge is 0.255 e. The zero-order chi connectivity index (χ0) is 20.7. The molecule has 0 atom stereocenters. The molecule has 3 N–H and O–H groups in total. The molecule has 3 aromatic rings. The fourth-order valence-corrected chi connectivity index (χ4v) is 3.53. The highest BCUT2D eigenvalue weighted by atomic mass is 32.2. The Kier molecular flexibility index (Phi) is 6.29. The number of para-hydroxylation sites is 1. The van der Waals surface area contributed by atoms with Crippen LogP contribution >= 0.6 is 0 Å². The predicted molar refractivity (Wildman–Crippen MR) is 115 cm³/mol. The Balaban J connectivity index is 1.69. The predicted octanol–water partition coefficient (Wildman–Crippen LogP) is 3.59. The van der Waals surface area contributed by atoms with Crippen LogP contribution in [0.4, 0.5) is 17.1 Å². The van der Waals surface area contributed by atoms with Crippen molar-refractivity contribution in [2.75, 3.05) is 17.2 Å². The second kappa shape index (κ2) is 9.06. The fraction of sp³-hybridized carbons (Fsp3) is 0.0455. The van der Waals surface area contributed by atoms with Gasteiger partial charge in [-0.25, -0.2) is 8.42 Å². The molecule has 0 radical (unpaired) electrons. The summed E-state index contributed by atoms with van der Waals surface area (Å²) < 4.78 is 26.6. The first-order valence-corrected chi connectivity index (χ1v) is 10.2. The Morgan fingerprint density at radius 3 is 2.21 bits per heavy atom. The SMILES string of the molecule is C#CCNS(=O)(=O)c1cccc(C(=O)Nc2ccc(Nc3ccccc3)cc2)c1. The molecule has 7 heteroatoms. The van der Waals surface area contributed by atoms with Gasteiger partial charge in [0.2, 0.25) is 10.0 Å². The average Bonchev–Trinajstić information content (AvgIpc) is 2.74. The van der Waals surface area contributed by atoms with Crippen molar-refractivity contribution in [2.24, 2.45) is 0 Å². The van der Waals surface area contributed by atoms with Crippen LogP contribution in [0.1, 0.15) is 10.4 Å². The quantitative estimate of drug-likeness (QED) is 0.524. The van der Waals surface area contributed by atoms with Crippen molar-refractivity contribution in [2.45, 2.75) is 4.90 Å². The zero-order valence-electron chi connectivity index (χ0n) is 15.4. The van der Waals surface area contributed by atoms with Crippen LogP contribution in [0, 0.1) is 12.3 Å². The molecule has 0 aliphatic rings. The van der Waals surface area contributed by atoms with E-state index in [0.717, 1.165) is 11.4 Å². The molecule has 0 spiro atoms. The molecule has 0 aliphatic heterocycles. The van der Waals surface area contributed by atoms with E-state index in [1.165, 1.54) is 18.2 Å². The summed E-state index contributed by atoms with van der Waals surface area (Å²) in [6.07, 6.45) is 5.09. The first kappa shape index (κ1) is 20.1. The van der Waals surface area contributed by atoms with Crippen LogP contribution < -0.4 is 15.4 Å². The number of nitrogens with one attached hydrogen (secondary N) is 3. The van der Waals surface area contributed by atoms with Gasteiger partial charge in [-0.05, 0) is 54.6 Å². The van der Waals surface area contributed by atoms with E-state index in [1.54, 1.807) is 18.2 Å². The Hall–Kier alpha value is -3.60. The number of rotatable bonds is 7. The van der Waals surface area contributed by atoms with E-state index in [2.05, 4.69) is 21.3 Å². The molecule has 0 aliphatic carbocycles. The third-order valence-corrected chi connectivity index (χ3v) is 5.37. The van der Waals surface area contributed by atoms with Crippen LogP contribution in [0.3, 0.4) is 0 Å². The van der Waals surface area contributed by atoms with Crippen molar-refractivity contribution in [3.63, 3.8) is 0 Å². The summed E-state index contributed by atoms with van der Waals surface area (Å²) in [6.45, 7) is -0.123. The molecule has 1 amide bonds. The van der Waals surface area contributed by atoms with Crippen LogP contribution in [0.5, 0.6) is 0 Å². The minimum Gasteiger partial charge on any atom is -0.356 e. The van der Waals surface area contributed by atoms with Crippen molar-refractivity contribution in [1.29, 1.82) is 0 Å². The average molecular weight is 405 g/mol. The van der Waals surface area contributed by atoms with E-state index in [1.807, 2.05) is 42.5 Å². The summed E-state index contributed by atoms with van der Waals surface area (Å²) in [4.78, 5) is 12.5. The van der Waals surface area contributed by atoms with Crippen LogP contribution in [0.25, 0.3) is 0 Å². The fourth-order valence-electron chi connectivity index (χ4n) is 2.55. The Bertz CT molecular complexity index is 1140. The number of carbonyl (C=O) groups excluding carboxylic acids is 1. The lowest BCUT2D eigenvalue weighted by Gasteiger charge is -2.10. The lowest BCUT2D eigenvalue weighted by Crippen LogP contribution is -2.24. The van der Waals surface area contributed by atoms with Gasteiger partial charge in [-0.3, -0.25) is 4.79 Å².